The van der Waals surface area contributed by atoms with Gasteiger partial charge in [0.1, 0.15) is 0 Å². The van der Waals surface area contributed by atoms with E-state index < -0.39 is 0 Å². The van der Waals surface area contributed by atoms with Gasteiger partial charge >= 0.3 is 0 Å². The summed E-state index contributed by atoms with van der Waals surface area (Å²) in [6.07, 6.45) is 1.05. The number of amidine groups is 2. The van der Waals surface area contributed by atoms with Crippen LogP contribution in [-0.2, 0) is 0 Å². The summed E-state index contributed by atoms with van der Waals surface area (Å²) in [5.41, 5.74) is 0. The smallest absolute Gasteiger partial charge is 0.0986 e. The van der Waals surface area contributed by atoms with E-state index in [1.165, 1.54) is 0 Å². The van der Waals surface area contributed by atoms with Crippen molar-refractivity contribution < 1.29 is 0 Å². The van der Waals surface area contributed by atoms with Crippen molar-refractivity contribution in [2.24, 2.45) is 21.8 Å². The fourth-order valence-electron chi connectivity index (χ4n) is 1.67. The SMILES string of the molecule is CN=C(NCCC(C)C(=NC)NC)C(C)C. The summed E-state index contributed by atoms with van der Waals surface area (Å²) in [7, 11) is 5.57. The molecule has 94 valence electrons. The van der Waals surface area contributed by atoms with Gasteiger partial charge in [-0.25, -0.2) is 0 Å². The van der Waals surface area contributed by atoms with Crippen molar-refractivity contribution in [1.82, 2.24) is 10.6 Å². The Balaban J connectivity index is 3.99. The fraction of sp³-hybridized carbons (Fsp3) is 0.833. The highest BCUT2D eigenvalue weighted by molar-refractivity contribution is 5.85. The van der Waals surface area contributed by atoms with Gasteiger partial charge in [-0.3, -0.25) is 9.98 Å². The van der Waals surface area contributed by atoms with E-state index in [0.717, 1.165) is 24.6 Å². The first-order valence-corrected chi connectivity index (χ1v) is 5.91. The van der Waals surface area contributed by atoms with Gasteiger partial charge in [-0.15, -0.1) is 0 Å². The highest BCUT2D eigenvalue weighted by Crippen LogP contribution is 2.02. The lowest BCUT2D eigenvalue weighted by Crippen LogP contribution is -2.33. The zero-order valence-electron chi connectivity index (χ0n) is 11.5. The molecule has 0 amide bonds. The van der Waals surface area contributed by atoms with Crippen LogP contribution in [0, 0.1) is 11.8 Å². The second-order valence-electron chi connectivity index (χ2n) is 4.24. The summed E-state index contributed by atoms with van der Waals surface area (Å²) < 4.78 is 0. The molecule has 0 fully saturated rings. The molecule has 0 radical (unpaired) electrons. The Morgan fingerprint density at radius 1 is 1.06 bits per heavy atom. The third-order valence-corrected chi connectivity index (χ3v) is 2.64. The molecule has 0 bridgehead atoms. The van der Waals surface area contributed by atoms with Gasteiger partial charge in [-0.2, -0.15) is 0 Å². The van der Waals surface area contributed by atoms with E-state index in [0.29, 0.717) is 11.8 Å². The molecule has 1 unspecified atom stereocenters. The Morgan fingerprint density at radius 3 is 2.00 bits per heavy atom. The van der Waals surface area contributed by atoms with Crippen molar-refractivity contribution in [1.29, 1.82) is 0 Å². The average Bonchev–Trinajstić information content (AvgIpc) is 2.25. The minimum Gasteiger partial charge on any atom is -0.377 e. The molecule has 0 rings (SSSR count). The third kappa shape index (κ3) is 5.14. The Kier molecular flexibility index (Phi) is 7.60. The Hall–Kier alpha value is -1.06. The standard InChI is InChI=1S/C12H26N4/c1-9(2)11(13-4)16-8-7-10(3)12(14-5)15-6/h9-10H,7-8H2,1-6H3,(H,13,16)(H,14,15). The Morgan fingerprint density at radius 2 is 1.62 bits per heavy atom. The van der Waals surface area contributed by atoms with Crippen LogP contribution >= 0.6 is 0 Å². The maximum Gasteiger partial charge on any atom is 0.0986 e. The average molecular weight is 226 g/mol. The molecule has 0 saturated carbocycles. The van der Waals surface area contributed by atoms with Crippen LogP contribution in [0.25, 0.3) is 0 Å². The molecule has 2 N–H and O–H groups in total. The monoisotopic (exact) mass is 226 g/mol. The molecule has 0 spiro atoms. The van der Waals surface area contributed by atoms with Gasteiger partial charge in [-0.1, -0.05) is 20.8 Å². The lowest BCUT2D eigenvalue weighted by atomic mass is 10.1. The van der Waals surface area contributed by atoms with Crippen molar-refractivity contribution in [2.45, 2.75) is 27.2 Å². The molecule has 0 aliphatic carbocycles. The summed E-state index contributed by atoms with van der Waals surface area (Å²) >= 11 is 0. The third-order valence-electron chi connectivity index (χ3n) is 2.64. The van der Waals surface area contributed by atoms with Crippen LogP contribution in [0.5, 0.6) is 0 Å². The molecular weight excluding hydrogens is 200 g/mol. The van der Waals surface area contributed by atoms with E-state index in [1.54, 1.807) is 0 Å². The quantitative estimate of drug-likeness (QED) is 0.552. The van der Waals surface area contributed by atoms with Gasteiger partial charge in [-0.05, 0) is 6.42 Å². The fourth-order valence-corrected chi connectivity index (χ4v) is 1.67. The lowest BCUT2D eigenvalue weighted by Gasteiger charge is -2.16. The number of hydrogen-bond donors (Lipinski definition) is 2. The van der Waals surface area contributed by atoms with E-state index in [4.69, 9.17) is 0 Å². The van der Waals surface area contributed by atoms with Gasteiger partial charge in [0.15, 0.2) is 0 Å². The van der Waals surface area contributed by atoms with Crippen molar-refractivity contribution in [3.8, 4) is 0 Å². The zero-order chi connectivity index (χ0) is 12.6. The molecular formula is C12H26N4. The molecule has 0 aliphatic heterocycles. The summed E-state index contributed by atoms with van der Waals surface area (Å²) in [5.74, 6) is 3.05. The van der Waals surface area contributed by atoms with Crippen LogP contribution in [0.1, 0.15) is 27.2 Å². The number of rotatable bonds is 5. The van der Waals surface area contributed by atoms with E-state index >= 15 is 0 Å². The van der Waals surface area contributed by atoms with Crippen LogP contribution in [0.2, 0.25) is 0 Å². The molecule has 16 heavy (non-hydrogen) atoms. The van der Waals surface area contributed by atoms with Gasteiger partial charge in [0.05, 0.1) is 11.7 Å². The lowest BCUT2D eigenvalue weighted by molar-refractivity contribution is 0.636. The van der Waals surface area contributed by atoms with E-state index in [-0.39, 0.29) is 0 Å². The summed E-state index contributed by atoms with van der Waals surface area (Å²) in [6, 6.07) is 0. The van der Waals surface area contributed by atoms with Crippen molar-refractivity contribution in [3.05, 3.63) is 0 Å². The minimum atomic E-state index is 0.452. The van der Waals surface area contributed by atoms with Crippen molar-refractivity contribution >= 4 is 11.7 Å². The highest BCUT2D eigenvalue weighted by Gasteiger charge is 2.09. The van der Waals surface area contributed by atoms with Crippen LogP contribution < -0.4 is 10.6 Å². The van der Waals surface area contributed by atoms with Gasteiger partial charge < -0.3 is 10.6 Å². The molecule has 4 heteroatoms. The first kappa shape index (κ1) is 14.9. The Bertz CT molecular complexity index is 243. The molecule has 0 aromatic carbocycles. The highest BCUT2D eigenvalue weighted by atomic mass is 15.0. The summed E-state index contributed by atoms with van der Waals surface area (Å²) in [6.45, 7) is 7.40. The Labute approximate surface area is 99.6 Å². The number of nitrogens with zero attached hydrogens (tertiary/aromatic N) is 2. The van der Waals surface area contributed by atoms with E-state index in [9.17, 15) is 0 Å². The molecule has 0 aromatic rings. The summed E-state index contributed by atoms with van der Waals surface area (Å²) in [5, 5.41) is 6.49. The molecule has 0 aromatic heterocycles. The minimum absolute atomic E-state index is 0.452. The largest absolute Gasteiger partial charge is 0.377 e. The molecule has 0 aliphatic rings. The number of hydrogen-bond acceptors (Lipinski definition) is 2. The van der Waals surface area contributed by atoms with Gasteiger partial charge in [0, 0.05) is 39.5 Å². The number of nitrogens with one attached hydrogen (secondary N) is 2. The maximum absolute atomic E-state index is 4.23. The molecule has 0 heterocycles. The first-order chi connectivity index (χ1) is 7.56. The van der Waals surface area contributed by atoms with Gasteiger partial charge in [0.2, 0.25) is 0 Å². The summed E-state index contributed by atoms with van der Waals surface area (Å²) in [4.78, 5) is 8.44. The molecule has 0 saturated heterocycles. The van der Waals surface area contributed by atoms with Crippen LogP contribution in [-0.4, -0.2) is 39.4 Å². The van der Waals surface area contributed by atoms with Crippen LogP contribution in [0.15, 0.2) is 9.98 Å². The van der Waals surface area contributed by atoms with Gasteiger partial charge in [0.25, 0.3) is 0 Å². The second kappa shape index (κ2) is 8.13. The molecule has 4 nitrogen and oxygen atoms in total. The van der Waals surface area contributed by atoms with Crippen molar-refractivity contribution in [2.75, 3.05) is 27.7 Å². The maximum atomic E-state index is 4.23. The van der Waals surface area contributed by atoms with Crippen LogP contribution in [0.3, 0.4) is 0 Å². The normalized spacial score (nSPS) is 15.2. The first-order valence-electron chi connectivity index (χ1n) is 5.91. The second-order valence-corrected chi connectivity index (χ2v) is 4.24. The number of aliphatic imine (C=N–C) groups is 2. The van der Waals surface area contributed by atoms with Crippen molar-refractivity contribution in [3.63, 3.8) is 0 Å². The predicted molar refractivity (Wildman–Crippen MR) is 72.4 cm³/mol. The van der Waals surface area contributed by atoms with Crippen LogP contribution in [0.4, 0.5) is 0 Å². The topological polar surface area (TPSA) is 48.8 Å². The molecule has 1 atom stereocenters. The zero-order valence-corrected chi connectivity index (χ0v) is 11.5. The predicted octanol–water partition coefficient (Wildman–Crippen LogP) is 1.53. The van der Waals surface area contributed by atoms with E-state index in [2.05, 4.69) is 41.4 Å². The van der Waals surface area contributed by atoms with E-state index in [1.807, 2.05) is 21.1 Å².